The van der Waals surface area contributed by atoms with E-state index in [0.29, 0.717) is 0 Å². The van der Waals surface area contributed by atoms with Gasteiger partial charge in [0.25, 0.3) is 0 Å². The third-order valence-electron chi connectivity index (χ3n) is 2.86. The highest BCUT2D eigenvalue weighted by molar-refractivity contribution is 5.67. The van der Waals surface area contributed by atoms with Gasteiger partial charge in [0.1, 0.15) is 0 Å². The van der Waals surface area contributed by atoms with E-state index in [2.05, 4.69) is 24.2 Å². The van der Waals surface area contributed by atoms with Crippen molar-refractivity contribution in [3.63, 3.8) is 0 Å². The zero-order chi connectivity index (χ0) is 11.7. The van der Waals surface area contributed by atoms with Gasteiger partial charge in [-0.2, -0.15) is 5.10 Å². The predicted octanol–water partition coefficient (Wildman–Crippen LogP) is 2.42. The number of hydrogen-bond acceptors (Lipinski definition) is 2. The highest BCUT2D eigenvalue weighted by Gasteiger charge is 2.14. The molecule has 84 valence electrons. The molecule has 0 aliphatic rings. The maximum absolute atomic E-state index is 5.96. The smallest absolute Gasteiger partial charge is 0.0729 e. The molecule has 0 saturated carbocycles. The van der Waals surface area contributed by atoms with Gasteiger partial charge in [-0.05, 0) is 19.4 Å². The molecule has 3 heteroatoms. The van der Waals surface area contributed by atoms with E-state index >= 15 is 0 Å². The molecule has 3 nitrogen and oxygen atoms in total. The molecule has 1 aromatic heterocycles. The van der Waals surface area contributed by atoms with Crippen LogP contribution >= 0.6 is 0 Å². The second kappa shape index (κ2) is 4.10. The first kappa shape index (κ1) is 10.9. The van der Waals surface area contributed by atoms with Gasteiger partial charge in [0.2, 0.25) is 0 Å². The van der Waals surface area contributed by atoms with Crippen LogP contribution in [0.4, 0.5) is 0 Å². The summed E-state index contributed by atoms with van der Waals surface area (Å²) in [6.07, 6.45) is 1.85. The first-order valence-corrected chi connectivity index (χ1v) is 5.44. The third kappa shape index (κ3) is 1.74. The van der Waals surface area contributed by atoms with Crippen LogP contribution in [-0.2, 0) is 7.05 Å². The number of benzene rings is 1. The molecule has 1 aromatic carbocycles. The number of aromatic nitrogens is 2. The molecular formula is C13H17N3. The van der Waals surface area contributed by atoms with Gasteiger partial charge in [-0.25, -0.2) is 0 Å². The lowest BCUT2D eigenvalue weighted by Gasteiger charge is -2.11. The van der Waals surface area contributed by atoms with Crippen LogP contribution in [0.2, 0.25) is 0 Å². The van der Waals surface area contributed by atoms with Crippen LogP contribution in [-0.4, -0.2) is 9.78 Å². The normalized spacial score (nSPS) is 12.8. The third-order valence-corrected chi connectivity index (χ3v) is 2.86. The average Bonchev–Trinajstić information content (AvgIpc) is 2.61. The van der Waals surface area contributed by atoms with E-state index in [9.17, 15) is 0 Å². The number of nitrogens with zero attached hydrogens (tertiary/aromatic N) is 2. The van der Waals surface area contributed by atoms with E-state index in [1.54, 1.807) is 0 Å². The van der Waals surface area contributed by atoms with Crippen LogP contribution < -0.4 is 5.73 Å². The molecular weight excluding hydrogens is 198 g/mol. The van der Waals surface area contributed by atoms with E-state index in [0.717, 1.165) is 11.3 Å². The molecule has 1 heterocycles. The van der Waals surface area contributed by atoms with Gasteiger partial charge in [0.05, 0.1) is 11.9 Å². The average molecular weight is 215 g/mol. The lowest BCUT2D eigenvalue weighted by Crippen LogP contribution is -2.06. The molecule has 0 saturated heterocycles. The number of aryl methyl sites for hydroxylation is 2. The lowest BCUT2D eigenvalue weighted by atomic mass is 10.00. The minimum Gasteiger partial charge on any atom is -0.324 e. The molecule has 16 heavy (non-hydrogen) atoms. The van der Waals surface area contributed by atoms with E-state index in [1.165, 1.54) is 11.1 Å². The molecule has 1 unspecified atom stereocenters. The zero-order valence-corrected chi connectivity index (χ0v) is 9.94. The van der Waals surface area contributed by atoms with Crippen LogP contribution in [0.25, 0.3) is 11.3 Å². The minimum absolute atomic E-state index is 0.00306. The van der Waals surface area contributed by atoms with Crippen molar-refractivity contribution in [2.45, 2.75) is 19.9 Å². The SMILES string of the molecule is Cc1ccccc1-c1c(C(C)N)cnn1C. The summed E-state index contributed by atoms with van der Waals surface area (Å²) >= 11 is 0. The summed E-state index contributed by atoms with van der Waals surface area (Å²) in [6.45, 7) is 4.09. The largest absolute Gasteiger partial charge is 0.324 e. The van der Waals surface area contributed by atoms with Crippen molar-refractivity contribution in [3.8, 4) is 11.3 Å². The number of rotatable bonds is 2. The Morgan fingerprint density at radius 2 is 2.00 bits per heavy atom. The predicted molar refractivity (Wildman–Crippen MR) is 66.0 cm³/mol. The molecule has 0 bridgehead atoms. The summed E-state index contributed by atoms with van der Waals surface area (Å²) in [5.41, 5.74) is 10.6. The molecule has 0 amide bonds. The van der Waals surface area contributed by atoms with Gasteiger partial charge < -0.3 is 5.73 Å². The van der Waals surface area contributed by atoms with Crippen molar-refractivity contribution < 1.29 is 0 Å². The van der Waals surface area contributed by atoms with Crippen LogP contribution in [0, 0.1) is 6.92 Å². The molecule has 0 spiro atoms. The maximum atomic E-state index is 5.96. The summed E-state index contributed by atoms with van der Waals surface area (Å²) < 4.78 is 1.89. The molecule has 0 radical (unpaired) electrons. The Balaban J connectivity index is 2.64. The molecule has 0 aliphatic heterocycles. The van der Waals surface area contributed by atoms with Crippen LogP contribution in [0.15, 0.2) is 30.5 Å². The van der Waals surface area contributed by atoms with Gasteiger partial charge in [0, 0.05) is 24.2 Å². The number of hydrogen-bond donors (Lipinski definition) is 1. The van der Waals surface area contributed by atoms with Crippen molar-refractivity contribution in [2.75, 3.05) is 0 Å². The van der Waals surface area contributed by atoms with E-state index in [-0.39, 0.29) is 6.04 Å². The Kier molecular flexibility index (Phi) is 2.79. The van der Waals surface area contributed by atoms with E-state index in [4.69, 9.17) is 5.73 Å². The Morgan fingerprint density at radius 3 is 2.62 bits per heavy atom. The van der Waals surface area contributed by atoms with Gasteiger partial charge in [-0.15, -0.1) is 0 Å². The van der Waals surface area contributed by atoms with E-state index < -0.39 is 0 Å². The minimum atomic E-state index is 0.00306. The highest BCUT2D eigenvalue weighted by Crippen LogP contribution is 2.28. The Bertz CT molecular complexity index is 498. The zero-order valence-electron chi connectivity index (χ0n) is 9.94. The first-order chi connectivity index (χ1) is 7.61. The molecule has 2 rings (SSSR count). The molecule has 1 atom stereocenters. The van der Waals surface area contributed by atoms with Crippen molar-refractivity contribution in [3.05, 3.63) is 41.6 Å². The standard InChI is InChI=1S/C13H17N3/c1-9-6-4-5-7-11(9)13-12(10(2)14)8-15-16(13)3/h4-8,10H,14H2,1-3H3. The van der Waals surface area contributed by atoms with Gasteiger partial charge in [-0.3, -0.25) is 4.68 Å². The highest BCUT2D eigenvalue weighted by atomic mass is 15.3. The summed E-state index contributed by atoms with van der Waals surface area (Å²) in [5.74, 6) is 0. The maximum Gasteiger partial charge on any atom is 0.0729 e. The summed E-state index contributed by atoms with van der Waals surface area (Å²) in [4.78, 5) is 0. The summed E-state index contributed by atoms with van der Waals surface area (Å²) in [5, 5.41) is 4.29. The fraction of sp³-hybridized carbons (Fsp3) is 0.308. The fourth-order valence-corrected chi connectivity index (χ4v) is 1.96. The molecule has 2 aromatic rings. The van der Waals surface area contributed by atoms with Crippen molar-refractivity contribution >= 4 is 0 Å². The second-order valence-electron chi connectivity index (χ2n) is 4.18. The van der Waals surface area contributed by atoms with Crippen molar-refractivity contribution in [1.29, 1.82) is 0 Å². The topological polar surface area (TPSA) is 43.8 Å². The van der Waals surface area contributed by atoms with Crippen LogP contribution in [0.3, 0.4) is 0 Å². The molecule has 0 aliphatic carbocycles. The van der Waals surface area contributed by atoms with Crippen molar-refractivity contribution in [2.24, 2.45) is 12.8 Å². The van der Waals surface area contributed by atoms with E-state index in [1.807, 2.05) is 37.0 Å². The quantitative estimate of drug-likeness (QED) is 0.836. The fourth-order valence-electron chi connectivity index (χ4n) is 1.96. The number of nitrogens with two attached hydrogens (primary N) is 1. The lowest BCUT2D eigenvalue weighted by molar-refractivity contribution is 0.771. The Hall–Kier alpha value is -1.61. The monoisotopic (exact) mass is 215 g/mol. The Labute approximate surface area is 95.9 Å². The molecule has 0 fully saturated rings. The summed E-state index contributed by atoms with van der Waals surface area (Å²) in [7, 11) is 1.95. The summed E-state index contributed by atoms with van der Waals surface area (Å²) in [6, 6.07) is 8.30. The van der Waals surface area contributed by atoms with Crippen LogP contribution in [0.1, 0.15) is 24.1 Å². The van der Waals surface area contributed by atoms with Gasteiger partial charge >= 0.3 is 0 Å². The molecule has 2 N–H and O–H groups in total. The van der Waals surface area contributed by atoms with Crippen molar-refractivity contribution in [1.82, 2.24) is 9.78 Å². The van der Waals surface area contributed by atoms with Gasteiger partial charge in [-0.1, -0.05) is 24.3 Å². The van der Waals surface area contributed by atoms with Gasteiger partial charge in [0.15, 0.2) is 0 Å². The second-order valence-corrected chi connectivity index (χ2v) is 4.18. The first-order valence-electron chi connectivity index (χ1n) is 5.44. The van der Waals surface area contributed by atoms with Crippen LogP contribution in [0.5, 0.6) is 0 Å². The Morgan fingerprint density at radius 1 is 1.31 bits per heavy atom.